The van der Waals surface area contributed by atoms with Gasteiger partial charge in [-0.15, -0.1) is 0 Å². The number of hydrogen-bond donors (Lipinski definition) is 2. The van der Waals surface area contributed by atoms with Gasteiger partial charge in [0.1, 0.15) is 0 Å². The van der Waals surface area contributed by atoms with Crippen molar-refractivity contribution < 1.29 is 4.79 Å². The van der Waals surface area contributed by atoms with Crippen molar-refractivity contribution in [1.82, 2.24) is 15.2 Å². The van der Waals surface area contributed by atoms with Crippen molar-refractivity contribution in [3.8, 4) is 0 Å². The second-order valence-electron chi connectivity index (χ2n) is 6.38. The van der Waals surface area contributed by atoms with E-state index in [4.69, 9.17) is 0 Å². The molecule has 0 saturated heterocycles. The zero-order chi connectivity index (χ0) is 14.8. The maximum atomic E-state index is 11.8. The van der Waals surface area contributed by atoms with E-state index in [0.717, 1.165) is 5.56 Å². The van der Waals surface area contributed by atoms with Crippen LogP contribution in [-0.4, -0.2) is 17.1 Å². The van der Waals surface area contributed by atoms with Gasteiger partial charge in [-0.05, 0) is 17.0 Å². The van der Waals surface area contributed by atoms with Gasteiger partial charge in [0.2, 0.25) is 0 Å². The molecule has 2 amide bonds. The van der Waals surface area contributed by atoms with Crippen LogP contribution < -0.4 is 10.6 Å². The maximum Gasteiger partial charge on any atom is 0.315 e. The standard InChI is InChI=1S/C16H23N3O/c1-16(2,3)11-18-15(20)17-9-12-10-19(4)14-8-6-5-7-13(12)14/h5-8,10H,9,11H2,1-4H3,(H2,17,18,20). The molecule has 1 heterocycles. The lowest BCUT2D eigenvalue weighted by Crippen LogP contribution is -2.39. The Morgan fingerprint density at radius 2 is 1.90 bits per heavy atom. The number of carbonyl (C=O) groups is 1. The fourth-order valence-corrected chi connectivity index (χ4v) is 2.15. The number of para-hydroxylation sites is 1. The molecule has 0 aliphatic carbocycles. The minimum Gasteiger partial charge on any atom is -0.350 e. The third kappa shape index (κ3) is 3.53. The number of nitrogens with one attached hydrogen (secondary N) is 2. The van der Waals surface area contributed by atoms with Gasteiger partial charge >= 0.3 is 6.03 Å². The lowest BCUT2D eigenvalue weighted by atomic mass is 9.97. The molecule has 1 aromatic carbocycles. The molecule has 0 fully saturated rings. The summed E-state index contributed by atoms with van der Waals surface area (Å²) in [4.78, 5) is 11.8. The molecule has 20 heavy (non-hydrogen) atoms. The van der Waals surface area contributed by atoms with Crippen molar-refractivity contribution in [3.05, 3.63) is 36.0 Å². The average Bonchev–Trinajstić information content (AvgIpc) is 2.71. The van der Waals surface area contributed by atoms with Crippen LogP contribution in [0.15, 0.2) is 30.5 Å². The van der Waals surface area contributed by atoms with Gasteiger partial charge in [-0.3, -0.25) is 0 Å². The SMILES string of the molecule is Cn1cc(CNC(=O)NCC(C)(C)C)c2ccccc21. The highest BCUT2D eigenvalue weighted by Gasteiger charge is 2.12. The van der Waals surface area contributed by atoms with E-state index in [-0.39, 0.29) is 11.4 Å². The molecule has 4 heteroatoms. The smallest absolute Gasteiger partial charge is 0.315 e. The van der Waals surface area contributed by atoms with Crippen LogP contribution in [0.5, 0.6) is 0 Å². The summed E-state index contributed by atoms with van der Waals surface area (Å²) in [5.74, 6) is 0. The summed E-state index contributed by atoms with van der Waals surface area (Å²) < 4.78 is 2.08. The number of urea groups is 1. The first kappa shape index (κ1) is 14.4. The van der Waals surface area contributed by atoms with E-state index in [9.17, 15) is 4.79 Å². The number of hydrogen-bond acceptors (Lipinski definition) is 1. The van der Waals surface area contributed by atoms with Gasteiger partial charge in [-0.2, -0.15) is 0 Å². The van der Waals surface area contributed by atoms with Crippen LogP contribution in [0.25, 0.3) is 10.9 Å². The number of fused-ring (bicyclic) bond motifs is 1. The summed E-state index contributed by atoms with van der Waals surface area (Å²) in [7, 11) is 2.02. The van der Waals surface area contributed by atoms with Gasteiger partial charge < -0.3 is 15.2 Å². The molecule has 108 valence electrons. The Balaban J connectivity index is 1.98. The summed E-state index contributed by atoms with van der Waals surface area (Å²) in [5, 5.41) is 6.99. The van der Waals surface area contributed by atoms with E-state index >= 15 is 0 Å². The zero-order valence-electron chi connectivity index (χ0n) is 12.7. The summed E-state index contributed by atoms with van der Waals surface area (Å²) in [6, 6.07) is 8.09. The molecule has 2 rings (SSSR count). The highest BCUT2D eigenvalue weighted by atomic mass is 16.2. The number of aryl methyl sites for hydroxylation is 1. The normalized spacial score (nSPS) is 11.6. The van der Waals surface area contributed by atoms with Gasteiger partial charge in [0.15, 0.2) is 0 Å². The van der Waals surface area contributed by atoms with E-state index in [1.54, 1.807) is 0 Å². The molecule has 2 N–H and O–H groups in total. The Bertz CT molecular complexity index is 608. The predicted molar refractivity (Wildman–Crippen MR) is 82.6 cm³/mol. The third-order valence-corrected chi connectivity index (χ3v) is 3.20. The monoisotopic (exact) mass is 273 g/mol. The molecule has 0 bridgehead atoms. The first-order valence-corrected chi connectivity index (χ1v) is 6.91. The fourth-order valence-electron chi connectivity index (χ4n) is 2.15. The van der Waals surface area contributed by atoms with E-state index < -0.39 is 0 Å². The molecule has 0 saturated carbocycles. The molecule has 0 aliphatic heterocycles. The second kappa shape index (κ2) is 5.57. The number of benzene rings is 1. The van der Waals surface area contributed by atoms with Crippen LogP contribution in [0, 0.1) is 5.41 Å². The Morgan fingerprint density at radius 3 is 2.60 bits per heavy atom. The van der Waals surface area contributed by atoms with Crippen molar-refractivity contribution in [2.75, 3.05) is 6.54 Å². The van der Waals surface area contributed by atoms with Crippen molar-refractivity contribution >= 4 is 16.9 Å². The van der Waals surface area contributed by atoms with Gasteiger partial charge in [0, 0.05) is 37.2 Å². The van der Waals surface area contributed by atoms with Gasteiger partial charge in [0.05, 0.1) is 0 Å². The van der Waals surface area contributed by atoms with Crippen LogP contribution in [0.4, 0.5) is 4.79 Å². The van der Waals surface area contributed by atoms with Crippen LogP contribution in [-0.2, 0) is 13.6 Å². The van der Waals surface area contributed by atoms with E-state index in [1.165, 1.54) is 10.9 Å². The second-order valence-corrected chi connectivity index (χ2v) is 6.38. The topological polar surface area (TPSA) is 46.1 Å². The minimum atomic E-state index is -0.118. The summed E-state index contributed by atoms with van der Waals surface area (Å²) in [6.07, 6.45) is 2.06. The Kier molecular flexibility index (Phi) is 4.02. The van der Waals surface area contributed by atoms with Gasteiger partial charge in [-0.1, -0.05) is 39.0 Å². The highest BCUT2D eigenvalue weighted by molar-refractivity contribution is 5.84. The van der Waals surface area contributed by atoms with Crippen molar-refractivity contribution in [3.63, 3.8) is 0 Å². The van der Waals surface area contributed by atoms with Crippen molar-refractivity contribution in [2.45, 2.75) is 27.3 Å². The summed E-state index contributed by atoms with van der Waals surface area (Å²) in [6.45, 7) is 7.49. The highest BCUT2D eigenvalue weighted by Crippen LogP contribution is 2.19. The quantitative estimate of drug-likeness (QED) is 0.887. The van der Waals surface area contributed by atoms with Crippen LogP contribution in [0.2, 0.25) is 0 Å². The molecule has 1 aromatic heterocycles. The molecule has 0 unspecified atom stereocenters. The number of nitrogens with zero attached hydrogens (tertiary/aromatic N) is 1. The number of rotatable bonds is 3. The molecular formula is C16H23N3O. The molecule has 0 radical (unpaired) electrons. The van der Waals surface area contributed by atoms with Gasteiger partial charge in [0.25, 0.3) is 0 Å². The summed E-state index contributed by atoms with van der Waals surface area (Å²) >= 11 is 0. The zero-order valence-corrected chi connectivity index (χ0v) is 12.7. The minimum absolute atomic E-state index is 0.0940. The van der Waals surface area contributed by atoms with E-state index in [0.29, 0.717) is 13.1 Å². The van der Waals surface area contributed by atoms with Crippen LogP contribution in [0.3, 0.4) is 0 Å². The molecule has 4 nitrogen and oxygen atoms in total. The maximum absolute atomic E-state index is 11.8. The summed E-state index contributed by atoms with van der Waals surface area (Å²) in [5.41, 5.74) is 2.41. The van der Waals surface area contributed by atoms with E-state index in [2.05, 4.69) is 54.3 Å². The predicted octanol–water partition coefficient (Wildman–Crippen LogP) is 3.02. The number of carbonyl (C=O) groups excluding carboxylic acids is 1. The largest absolute Gasteiger partial charge is 0.350 e. The van der Waals surface area contributed by atoms with Gasteiger partial charge in [-0.25, -0.2) is 4.79 Å². The van der Waals surface area contributed by atoms with Crippen molar-refractivity contribution in [1.29, 1.82) is 0 Å². The average molecular weight is 273 g/mol. The van der Waals surface area contributed by atoms with Crippen LogP contribution in [0.1, 0.15) is 26.3 Å². The molecule has 0 atom stereocenters. The number of amides is 2. The molecule has 0 aliphatic rings. The van der Waals surface area contributed by atoms with E-state index in [1.807, 2.05) is 19.2 Å². The molecular weight excluding hydrogens is 250 g/mol. The Labute approximate surface area is 120 Å². The number of aromatic nitrogens is 1. The Morgan fingerprint density at radius 1 is 1.20 bits per heavy atom. The Hall–Kier alpha value is -1.97. The molecule has 2 aromatic rings. The lowest BCUT2D eigenvalue weighted by molar-refractivity contribution is 0.235. The third-order valence-electron chi connectivity index (χ3n) is 3.20. The van der Waals surface area contributed by atoms with Crippen molar-refractivity contribution in [2.24, 2.45) is 12.5 Å². The lowest BCUT2D eigenvalue weighted by Gasteiger charge is -2.18. The molecule has 0 spiro atoms. The first-order valence-electron chi connectivity index (χ1n) is 6.91. The fraction of sp³-hybridized carbons (Fsp3) is 0.438. The van der Waals surface area contributed by atoms with Crippen LogP contribution >= 0.6 is 0 Å². The first-order chi connectivity index (χ1) is 9.37.